The molecule has 0 amide bonds. The number of imidazole rings is 1. The molecule has 2 aromatic rings. The molecular weight excluding hydrogens is 262 g/mol. The third-order valence-electron chi connectivity index (χ3n) is 3.79. The summed E-state index contributed by atoms with van der Waals surface area (Å²) in [5.41, 5.74) is 2.44. The number of rotatable bonds is 7. The fourth-order valence-corrected chi connectivity index (χ4v) is 2.63. The predicted molar refractivity (Wildman–Crippen MR) is 85.7 cm³/mol. The monoisotopic (exact) mass is 287 g/mol. The standard InChI is InChI=1S/C17H25N3O/c1-5-18-15(8-9-17-19-10-11-20(17)3)14-7-6-13(2)12-16(14)21-4/h6-7,10-12,15,18H,5,8-9H2,1-4H3. The molecule has 1 atom stereocenters. The number of ether oxygens (including phenoxy) is 1. The van der Waals surface area contributed by atoms with Crippen LogP contribution in [0.2, 0.25) is 0 Å². The molecule has 1 unspecified atom stereocenters. The van der Waals surface area contributed by atoms with Crippen LogP contribution in [0, 0.1) is 6.92 Å². The second-order valence-electron chi connectivity index (χ2n) is 5.35. The molecule has 1 aromatic carbocycles. The van der Waals surface area contributed by atoms with E-state index in [2.05, 4.69) is 46.9 Å². The van der Waals surface area contributed by atoms with Crippen LogP contribution in [0.3, 0.4) is 0 Å². The van der Waals surface area contributed by atoms with E-state index in [1.807, 2.05) is 19.4 Å². The topological polar surface area (TPSA) is 39.1 Å². The minimum Gasteiger partial charge on any atom is -0.496 e. The van der Waals surface area contributed by atoms with Crippen molar-refractivity contribution in [3.05, 3.63) is 47.5 Å². The fraction of sp³-hybridized carbons (Fsp3) is 0.471. The van der Waals surface area contributed by atoms with Crippen LogP contribution in [0.4, 0.5) is 0 Å². The number of aryl methyl sites for hydroxylation is 3. The summed E-state index contributed by atoms with van der Waals surface area (Å²) in [6.07, 6.45) is 5.78. The average molecular weight is 287 g/mol. The van der Waals surface area contributed by atoms with Crippen LogP contribution >= 0.6 is 0 Å². The SMILES string of the molecule is CCNC(CCc1nccn1C)c1ccc(C)cc1OC. The van der Waals surface area contributed by atoms with E-state index in [0.717, 1.165) is 31.0 Å². The van der Waals surface area contributed by atoms with E-state index in [1.54, 1.807) is 7.11 Å². The molecule has 0 bridgehead atoms. The smallest absolute Gasteiger partial charge is 0.123 e. The zero-order chi connectivity index (χ0) is 15.2. The first-order chi connectivity index (χ1) is 10.2. The van der Waals surface area contributed by atoms with Gasteiger partial charge in [0.15, 0.2) is 0 Å². The Kier molecular flexibility index (Phi) is 5.39. The Balaban J connectivity index is 2.16. The summed E-state index contributed by atoms with van der Waals surface area (Å²) >= 11 is 0. The minimum atomic E-state index is 0.280. The molecule has 0 saturated heterocycles. The van der Waals surface area contributed by atoms with Crippen LogP contribution < -0.4 is 10.1 Å². The lowest BCUT2D eigenvalue weighted by Crippen LogP contribution is -2.22. The van der Waals surface area contributed by atoms with Crippen LogP contribution in [-0.4, -0.2) is 23.2 Å². The zero-order valence-electron chi connectivity index (χ0n) is 13.4. The highest BCUT2D eigenvalue weighted by Gasteiger charge is 2.16. The van der Waals surface area contributed by atoms with E-state index in [4.69, 9.17) is 4.74 Å². The number of nitrogens with one attached hydrogen (secondary N) is 1. The van der Waals surface area contributed by atoms with Crippen molar-refractivity contribution in [1.82, 2.24) is 14.9 Å². The Labute approximate surface area is 127 Å². The van der Waals surface area contributed by atoms with Gasteiger partial charge in [0.1, 0.15) is 11.6 Å². The number of hydrogen-bond donors (Lipinski definition) is 1. The van der Waals surface area contributed by atoms with Gasteiger partial charge in [0.2, 0.25) is 0 Å². The number of aromatic nitrogens is 2. The number of hydrogen-bond acceptors (Lipinski definition) is 3. The molecule has 114 valence electrons. The molecule has 1 aromatic heterocycles. The van der Waals surface area contributed by atoms with Crippen LogP contribution in [0.1, 0.15) is 36.3 Å². The van der Waals surface area contributed by atoms with E-state index in [-0.39, 0.29) is 6.04 Å². The van der Waals surface area contributed by atoms with Crippen molar-refractivity contribution in [2.75, 3.05) is 13.7 Å². The van der Waals surface area contributed by atoms with Gasteiger partial charge < -0.3 is 14.6 Å². The first kappa shape index (κ1) is 15.6. The van der Waals surface area contributed by atoms with Crippen molar-refractivity contribution < 1.29 is 4.74 Å². The molecule has 0 radical (unpaired) electrons. The van der Waals surface area contributed by atoms with Crippen molar-refractivity contribution in [3.8, 4) is 5.75 Å². The number of benzene rings is 1. The predicted octanol–water partition coefficient (Wildman–Crippen LogP) is 3.02. The van der Waals surface area contributed by atoms with Gasteiger partial charge in [-0.25, -0.2) is 4.98 Å². The van der Waals surface area contributed by atoms with Crippen LogP contribution in [0.5, 0.6) is 5.75 Å². The number of nitrogens with zero attached hydrogens (tertiary/aromatic N) is 2. The molecular formula is C17H25N3O. The first-order valence-corrected chi connectivity index (χ1v) is 7.49. The molecule has 1 N–H and O–H groups in total. The summed E-state index contributed by atoms with van der Waals surface area (Å²) in [6.45, 7) is 5.15. The molecule has 4 nitrogen and oxygen atoms in total. The van der Waals surface area contributed by atoms with Gasteiger partial charge in [0, 0.05) is 37.5 Å². The van der Waals surface area contributed by atoms with E-state index in [0.29, 0.717) is 0 Å². The van der Waals surface area contributed by atoms with Gasteiger partial charge in [0.25, 0.3) is 0 Å². The summed E-state index contributed by atoms with van der Waals surface area (Å²) < 4.78 is 7.63. The maximum Gasteiger partial charge on any atom is 0.123 e. The normalized spacial score (nSPS) is 12.4. The van der Waals surface area contributed by atoms with Crippen LogP contribution in [-0.2, 0) is 13.5 Å². The van der Waals surface area contributed by atoms with Gasteiger partial charge in [-0.15, -0.1) is 0 Å². The van der Waals surface area contributed by atoms with Crippen molar-refractivity contribution in [2.24, 2.45) is 7.05 Å². The molecule has 0 aliphatic carbocycles. The van der Waals surface area contributed by atoms with Gasteiger partial charge in [-0.3, -0.25) is 0 Å². The lowest BCUT2D eigenvalue weighted by Gasteiger charge is -2.21. The highest BCUT2D eigenvalue weighted by Crippen LogP contribution is 2.29. The van der Waals surface area contributed by atoms with Crippen molar-refractivity contribution in [3.63, 3.8) is 0 Å². The van der Waals surface area contributed by atoms with Crippen molar-refractivity contribution >= 4 is 0 Å². The summed E-state index contributed by atoms with van der Waals surface area (Å²) in [5.74, 6) is 2.07. The summed E-state index contributed by atoms with van der Waals surface area (Å²) in [6, 6.07) is 6.69. The molecule has 21 heavy (non-hydrogen) atoms. The molecule has 0 aliphatic rings. The Hall–Kier alpha value is -1.81. The summed E-state index contributed by atoms with van der Waals surface area (Å²) in [5, 5.41) is 3.56. The highest BCUT2D eigenvalue weighted by molar-refractivity contribution is 5.39. The van der Waals surface area contributed by atoms with E-state index >= 15 is 0 Å². The number of methoxy groups -OCH3 is 1. The first-order valence-electron chi connectivity index (χ1n) is 7.49. The summed E-state index contributed by atoms with van der Waals surface area (Å²) in [7, 11) is 3.77. The molecule has 0 fully saturated rings. The van der Waals surface area contributed by atoms with Crippen LogP contribution in [0.15, 0.2) is 30.6 Å². The Bertz CT molecular complexity index is 577. The van der Waals surface area contributed by atoms with Gasteiger partial charge in [-0.05, 0) is 31.5 Å². The van der Waals surface area contributed by atoms with Crippen molar-refractivity contribution in [1.29, 1.82) is 0 Å². The van der Waals surface area contributed by atoms with Crippen LogP contribution in [0.25, 0.3) is 0 Å². The van der Waals surface area contributed by atoms with Gasteiger partial charge in [-0.2, -0.15) is 0 Å². The van der Waals surface area contributed by atoms with E-state index in [1.165, 1.54) is 11.1 Å². The zero-order valence-corrected chi connectivity index (χ0v) is 13.4. The largest absolute Gasteiger partial charge is 0.496 e. The summed E-state index contributed by atoms with van der Waals surface area (Å²) in [4.78, 5) is 4.40. The van der Waals surface area contributed by atoms with E-state index in [9.17, 15) is 0 Å². The Morgan fingerprint density at radius 2 is 2.19 bits per heavy atom. The molecule has 1 heterocycles. The maximum atomic E-state index is 5.55. The highest BCUT2D eigenvalue weighted by atomic mass is 16.5. The third kappa shape index (κ3) is 3.85. The Morgan fingerprint density at radius 3 is 2.81 bits per heavy atom. The third-order valence-corrected chi connectivity index (χ3v) is 3.79. The van der Waals surface area contributed by atoms with Gasteiger partial charge >= 0.3 is 0 Å². The quantitative estimate of drug-likeness (QED) is 0.851. The fourth-order valence-electron chi connectivity index (χ4n) is 2.63. The lowest BCUT2D eigenvalue weighted by atomic mass is 9.99. The molecule has 0 saturated carbocycles. The van der Waals surface area contributed by atoms with Crippen molar-refractivity contribution in [2.45, 2.75) is 32.7 Å². The minimum absolute atomic E-state index is 0.280. The van der Waals surface area contributed by atoms with Gasteiger partial charge in [-0.1, -0.05) is 19.1 Å². The molecule has 0 spiro atoms. The average Bonchev–Trinajstić information content (AvgIpc) is 2.89. The second-order valence-corrected chi connectivity index (χ2v) is 5.35. The molecule has 4 heteroatoms. The second kappa shape index (κ2) is 7.27. The Morgan fingerprint density at radius 1 is 1.38 bits per heavy atom. The molecule has 0 aliphatic heterocycles. The maximum absolute atomic E-state index is 5.55. The lowest BCUT2D eigenvalue weighted by molar-refractivity contribution is 0.395. The molecule has 2 rings (SSSR count). The van der Waals surface area contributed by atoms with Gasteiger partial charge in [0.05, 0.1) is 7.11 Å². The van der Waals surface area contributed by atoms with E-state index < -0.39 is 0 Å².